The number of carbonyl (C=O) groups is 2. The molecular formula is C23H19N3O4. The fourth-order valence-corrected chi connectivity index (χ4v) is 3.04. The molecule has 4 rings (SSSR count). The Hall–Kier alpha value is -4.00. The minimum atomic E-state index is -1.11. The van der Waals surface area contributed by atoms with Crippen molar-refractivity contribution in [2.45, 2.75) is 19.1 Å². The summed E-state index contributed by atoms with van der Waals surface area (Å²) in [6.07, 6.45) is -1.84. The van der Waals surface area contributed by atoms with Gasteiger partial charge in [-0.15, -0.1) is 5.10 Å². The van der Waals surface area contributed by atoms with E-state index in [9.17, 15) is 9.59 Å². The van der Waals surface area contributed by atoms with E-state index in [4.69, 9.17) is 9.47 Å². The zero-order chi connectivity index (χ0) is 20.8. The number of carbonyl (C=O) groups excluding carboxylic acids is 2. The molecule has 0 N–H and O–H groups in total. The third-order valence-electron chi connectivity index (χ3n) is 4.54. The zero-order valence-corrected chi connectivity index (χ0v) is 16.0. The monoisotopic (exact) mass is 401 g/mol. The van der Waals surface area contributed by atoms with Gasteiger partial charge in [0.2, 0.25) is 0 Å². The summed E-state index contributed by atoms with van der Waals surface area (Å²) in [5.74, 6) is -0.496. The lowest BCUT2D eigenvalue weighted by molar-refractivity contribution is 0.0147. The Bertz CT molecular complexity index is 1140. The first-order chi connectivity index (χ1) is 14.7. The molecule has 0 fully saturated rings. The van der Waals surface area contributed by atoms with Crippen LogP contribution in [0.2, 0.25) is 0 Å². The lowest BCUT2D eigenvalue weighted by Crippen LogP contribution is -2.34. The van der Waals surface area contributed by atoms with Crippen molar-refractivity contribution in [3.63, 3.8) is 0 Å². The van der Waals surface area contributed by atoms with Crippen LogP contribution in [-0.4, -0.2) is 33.2 Å². The summed E-state index contributed by atoms with van der Waals surface area (Å²) in [7, 11) is 0. The molecule has 4 aromatic rings. The molecule has 150 valence electrons. The molecule has 7 nitrogen and oxygen atoms in total. The first kappa shape index (κ1) is 19.3. The molecule has 30 heavy (non-hydrogen) atoms. The largest absolute Gasteiger partial charge is 0.509 e. The van der Waals surface area contributed by atoms with Gasteiger partial charge in [-0.3, -0.25) is 4.79 Å². The van der Waals surface area contributed by atoms with E-state index < -0.39 is 18.2 Å². The average Bonchev–Trinajstić information content (AvgIpc) is 3.22. The van der Waals surface area contributed by atoms with Crippen molar-refractivity contribution in [3.05, 3.63) is 96.1 Å². The molecule has 0 spiro atoms. The Morgan fingerprint density at radius 3 is 2.20 bits per heavy atom. The Labute approximate surface area is 172 Å². The second-order valence-corrected chi connectivity index (χ2v) is 6.65. The highest BCUT2D eigenvalue weighted by atomic mass is 16.7. The van der Waals surface area contributed by atoms with Gasteiger partial charge in [0.05, 0.1) is 5.52 Å². The van der Waals surface area contributed by atoms with Crippen LogP contribution in [0.5, 0.6) is 0 Å². The number of ether oxygens (including phenoxy) is 2. The van der Waals surface area contributed by atoms with Gasteiger partial charge in [0, 0.05) is 6.42 Å². The second-order valence-electron chi connectivity index (χ2n) is 6.65. The average molecular weight is 401 g/mol. The lowest BCUT2D eigenvalue weighted by atomic mass is 10.1. The van der Waals surface area contributed by atoms with Gasteiger partial charge in [-0.1, -0.05) is 78.0 Å². The number of rotatable bonds is 6. The van der Waals surface area contributed by atoms with Crippen LogP contribution in [-0.2, 0) is 22.5 Å². The van der Waals surface area contributed by atoms with Gasteiger partial charge in [-0.2, -0.15) is 4.68 Å². The first-order valence-electron chi connectivity index (χ1n) is 9.46. The maximum absolute atomic E-state index is 13.2. The molecule has 0 unspecified atom stereocenters. The van der Waals surface area contributed by atoms with Crippen LogP contribution in [0.4, 0.5) is 4.79 Å². The molecule has 0 radical (unpaired) electrons. The Morgan fingerprint density at radius 1 is 0.833 bits per heavy atom. The fourth-order valence-electron chi connectivity index (χ4n) is 3.04. The number of benzene rings is 3. The van der Waals surface area contributed by atoms with Crippen molar-refractivity contribution in [3.8, 4) is 0 Å². The summed E-state index contributed by atoms with van der Waals surface area (Å²) in [4.78, 5) is 25.5. The van der Waals surface area contributed by atoms with Crippen LogP contribution < -0.4 is 0 Å². The normalized spacial score (nSPS) is 11.7. The van der Waals surface area contributed by atoms with E-state index in [-0.39, 0.29) is 13.0 Å². The van der Waals surface area contributed by atoms with Gasteiger partial charge in [-0.25, -0.2) is 4.79 Å². The molecule has 0 aliphatic carbocycles. The topological polar surface area (TPSA) is 83.3 Å². The molecule has 1 aromatic heterocycles. The van der Waals surface area contributed by atoms with Gasteiger partial charge in [0.15, 0.2) is 6.10 Å². The predicted octanol–water partition coefficient (Wildman–Crippen LogP) is 4.04. The summed E-state index contributed by atoms with van der Waals surface area (Å²) >= 11 is 0. The minimum Gasteiger partial charge on any atom is -0.429 e. The van der Waals surface area contributed by atoms with Crippen LogP contribution in [0.25, 0.3) is 11.0 Å². The molecule has 7 heteroatoms. The highest BCUT2D eigenvalue weighted by Gasteiger charge is 2.28. The highest BCUT2D eigenvalue weighted by molar-refractivity contribution is 5.92. The maximum atomic E-state index is 13.2. The molecule has 0 saturated heterocycles. The van der Waals surface area contributed by atoms with Gasteiger partial charge >= 0.3 is 6.16 Å². The fraction of sp³-hybridized carbons (Fsp3) is 0.130. The summed E-state index contributed by atoms with van der Waals surface area (Å²) in [5, 5.41) is 7.95. The highest BCUT2D eigenvalue weighted by Crippen LogP contribution is 2.15. The summed E-state index contributed by atoms with van der Waals surface area (Å²) < 4.78 is 11.8. The SMILES string of the molecule is O=C(OCc1ccccc1)O[C@@H](Cc1ccccc1)C(=O)n1nnc2ccccc21. The molecule has 0 aliphatic heterocycles. The van der Waals surface area contributed by atoms with Crippen LogP contribution in [0, 0.1) is 0 Å². The Kier molecular flexibility index (Phi) is 5.80. The van der Waals surface area contributed by atoms with E-state index >= 15 is 0 Å². The third kappa shape index (κ3) is 4.52. The standard InChI is InChI=1S/C23H19N3O4/c27-22(26-20-14-8-7-13-19(20)24-25-26)21(15-17-9-3-1-4-10-17)30-23(28)29-16-18-11-5-2-6-12-18/h1-14,21H,15-16H2/t21-/m0/s1. The predicted molar refractivity (Wildman–Crippen MR) is 110 cm³/mol. The number of para-hydroxylation sites is 1. The number of fused-ring (bicyclic) bond motifs is 1. The maximum Gasteiger partial charge on any atom is 0.509 e. The van der Waals surface area contributed by atoms with E-state index in [1.54, 1.807) is 18.2 Å². The van der Waals surface area contributed by atoms with Gasteiger partial charge in [0.25, 0.3) is 5.91 Å². The first-order valence-corrected chi connectivity index (χ1v) is 9.46. The summed E-state index contributed by atoms with van der Waals surface area (Å²) in [6, 6.07) is 25.6. The molecule has 0 aliphatic rings. The molecule has 0 bridgehead atoms. The second kappa shape index (κ2) is 9.00. The molecule has 0 amide bonds. The number of nitrogens with zero attached hydrogens (tertiary/aromatic N) is 3. The van der Waals surface area contributed by atoms with E-state index in [2.05, 4.69) is 10.3 Å². The zero-order valence-electron chi connectivity index (χ0n) is 16.0. The van der Waals surface area contributed by atoms with E-state index in [0.29, 0.717) is 11.0 Å². The van der Waals surface area contributed by atoms with Crippen molar-refractivity contribution in [1.82, 2.24) is 15.0 Å². The van der Waals surface area contributed by atoms with Crippen molar-refractivity contribution in [2.24, 2.45) is 0 Å². The molecular weight excluding hydrogens is 382 g/mol. The summed E-state index contributed by atoms with van der Waals surface area (Å²) in [6.45, 7) is 0.0537. The number of hydrogen-bond donors (Lipinski definition) is 0. The van der Waals surface area contributed by atoms with Crippen molar-refractivity contribution < 1.29 is 19.1 Å². The molecule has 3 aromatic carbocycles. The van der Waals surface area contributed by atoms with Gasteiger partial charge in [-0.05, 0) is 23.3 Å². The quantitative estimate of drug-likeness (QED) is 0.454. The molecule has 1 atom stereocenters. The summed E-state index contributed by atoms with van der Waals surface area (Å²) in [5.41, 5.74) is 2.79. The van der Waals surface area contributed by atoms with Crippen LogP contribution in [0.3, 0.4) is 0 Å². The molecule has 1 heterocycles. The van der Waals surface area contributed by atoms with Crippen molar-refractivity contribution in [1.29, 1.82) is 0 Å². The number of aromatic nitrogens is 3. The Morgan fingerprint density at radius 2 is 1.47 bits per heavy atom. The van der Waals surface area contributed by atoms with Gasteiger partial charge < -0.3 is 9.47 Å². The van der Waals surface area contributed by atoms with Crippen LogP contribution >= 0.6 is 0 Å². The van der Waals surface area contributed by atoms with Crippen molar-refractivity contribution in [2.75, 3.05) is 0 Å². The van der Waals surface area contributed by atoms with Gasteiger partial charge in [0.1, 0.15) is 12.1 Å². The minimum absolute atomic E-state index is 0.0537. The van der Waals surface area contributed by atoms with E-state index in [1.165, 1.54) is 0 Å². The smallest absolute Gasteiger partial charge is 0.429 e. The van der Waals surface area contributed by atoms with E-state index in [1.807, 2.05) is 66.7 Å². The number of hydrogen-bond acceptors (Lipinski definition) is 6. The molecule has 0 saturated carbocycles. The van der Waals surface area contributed by atoms with Crippen molar-refractivity contribution >= 4 is 23.1 Å². The third-order valence-corrected chi connectivity index (χ3v) is 4.54. The Balaban J connectivity index is 1.53. The lowest BCUT2D eigenvalue weighted by Gasteiger charge is -2.16. The van der Waals surface area contributed by atoms with Crippen LogP contribution in [0.15, 0.2) is 84.9 Å². The van der Waals surface area contributed by atoms with Crippen LogP contribution in [0.1, 0.15) is 15.9 Å². The van der Waals surface area contributed by atoms with E-state index in [0.717, 1.165) is 15.8 Å².